The number of carbonyl (C=O) groups is 1. The quantitative estimate of drug-likeness (QED) is 0.579. The van der Waals surface area contributed by atoms with Crippen LogP contribution >= 0.6 is 11.8 Å². The molecule has 1 rings (SSSR count). The molecule has 66 valence electrons. The van der Waals surface area contributed by atoms with Crippen molar-refractivity contribution in [1.82, 2.24) is 14.3 Å². The monoisotopic (exact) mass is 187 g/mol. The number of aromatic nitrogens is 3. The Morgan fingerprint density at radius 2 is 2.17 bits per heavy atom. The van der Waals surface area contributed by atoms with Crippen molar-refractivity contribution >= 4 is 17.7 Å². The SMILES string of the molecule is CSc1nn(C(C)=O)c(=O)n1C. The molecule has 0 unspecified atom stereocenters. The van der Waals surface area contributed by atoms with E-state index in [1.807, 2.05) is 0 Å². The van der Waals surface area contributed by atoms with Crippen molar-refractivity contribution in [3.63, 3.8) is 0 Å². The van der Waals surface area contributed by atoms with Gasteiger partial charge in [-0.3, -0.25) is 9.36 Å². The molecule has 0 bridgehead atoms. The van der Waals surface area contributed by atoms with Crippen molar-refractivity contribution in [2.24, 2.45) is 7.05 Å². The van der Waals surface area contributed by atoms with E-state index in [1.165, 1.54) is 23.3 Å². The molecule has 0 aliphatic heterocycles. The Morgan fingerprint density at radius 1 is 1.58 bits per heavy atom. The van der Waals surface area contributed by atoms with Crippen LogP contribution in [-0.4, -0.2) is 26.5 Å². The highest BCUT2D eigenvalue weighted by Crippen LogP contribution is 2.06. The Bertz CT molecular complexity index is 365. The fourth-order valence-electron chi connectivity index (χ4n) is 0.802. The van der Waals surface area contributed by atoms with Gasteiger partial charge < -0.3 is 0 Å². The van der Waals surface area contributed by atoms with Gasteiger partial charge in [-0.2, -0.15) is 0 Å². The van der Waals surface area contributed by atoms with E-state index in [0.29, 0.717) is 5.16 Å². The van der Waals surface area contributed by atoms with Crippen LogP contribution in [0.1, 0.15) is 11.7 Å². The molecule has 12 heavy (non-hydrogen) atoms. The van der Waals surface area contributed by atoms with Crippen LogP contribution in [0.25, 0.3) is 0 Å². The largest absolute Gasteiger partial charge is 0.353 e. The first kappa shape index (κ1) is 9.05. The van der Waals surface area contributed by atoms with Gasteiger partial charge in [0.2, 0.25) is 5.91 Å². The zero-order chi connectivity index (χ0) is 9.30. The Kier molecular flexibility index (Phi) is 2.37. The molecule has 0 fully saturated rings. The normalized spacial score (nSPS) is 10.2. The Morgan fingerprint density at radius 3 is 2.42 bits per heavy atom. The van der Waals surface area contributed by atoms with Crippen molar-refractivity contribution in [3.8, 4) is 0 Å². The molecule has 1 heterocycles. The highest BCUT2D eigenvalue weighted by atomic mass is 32.2. The predicted octanol–water partition coefficient (Wildman–Crippen LogP) is -0.0362. The second-order valence-corrected chi connectivity index (χ2v) is 3.03. The molecule has 0 N–H and O–H groups in total. The molecule has 0 amide bonds. The number of rotatable bonds is 1. The lowest BCUT2D eigenvalue weighted by molar-refractivity contribution is 0.0915. The summed E-state index contributed by atoms with van der Waals surface area (Å²) in [6.45, 7) is 1.30. The lowest BCUT2D eigenvalue weighted by Gasteiger charge is -1.88. The third kappa shape index (κ3) is 1.29. The topological polar surface area (TPSA) is 56.9 Å². The van der Waals surface area contributed by atoms with Crippen molar-refractivity contribution < 1.29 is 4.79 Å². The predicted molar refractivity (Wildman–Crippen MR) is 45.5 cm³/mol. The summed E-state index contributed by atoms with van der Waals surface area (Å²) in [6, 6.07) is 0. The smallest absolute Gasteiger partial charge is 0.273 e. The fraction of sp³-hybridized carbons (Fsp3) is 0.500. The molecule has 0 aliphatic carbocycles. The minimum Gasteiger partial charge on any atom is -0.273 e. The molecule has 1 aromatic rings. The van der Waals surface area contributed by atoms with Gasteiger partial charge in [-0.1, -0.05) is 11.8 Å². The molecule has 0 aliphatic rings. The molecule has 0 atom stereocenters. The lowest BCUT2D eigenvalue weighted by Crippen LogP contribution is -2.26. The summed E-state index contributed by atoms with van der Waals surface area (Å²) < 4.78 is 2.19. The molecule has 1 aromatic heterocycles. The second-order valence-electron chi connectivity index (χ2n) is 2.26. The van der Waals surface area contributed by atoms with Crippen molar-refractivity contribution in [3.05, 3.63) is 10.5 Å². The van der Waals surface area contributed by atoms with E-state index in [4.69, 9.17) is 0 Å². The zero-order valence-electron chi connectivity index (χ0n) is 7.07. The van der Waals surface area contributed by atoms with E-state index in [-0.39, 0.29) is 5.91 Å². The van der Waals surface area contributed by atoms with Crippen molar-refractivity contribution in [1.29, 1.82) is 0 Å². The molecule has 0 radical (unpaired) electrons. The molecular formula is C6H9N3O2S. The van der Waals surface area contributed by atoms with Crippen LogP contribution in [0.2, 0.25) is 0 Å². The van der Waals surface area contributed by atoms with Gasteiger partial charge in [-0.05, 0) is 6.26 Å². The van der Waals surface area contributed by atoms with E-state index >= 15 is 0 Å². The first-order valence-corrected chi connectivity index (χ1v) is 4.51. The molecule has 6 heteroatoms. The molecule has 0 saturated heterocycles. The molecule has 5 nitrogen and oxygen atoms in total. The summed E-state index contributed by atoms with van der Waals surface area (Å²) in [5.74, 6) is -0.365. The third-order valence-electron chi connectivity index (χ3n) is 1.42. The number of carbonyl (C=O) groups excluding carboxylic acids is 1. The van der Waals surface area contributed by atoms with E-state index in [1.54, 1.807) is 13.3 Å². The van der Waals surface area contributed by atoms with Crippen LogP contribution in [0.5, 0.6) is 0 Å². The summed E-state index contributed by atoms with van der Waals surface area (Å²) in [6.07, 6.45) is 1.80. The lowest BCUT2D eigenvalue weighted by atomic mass is 10.7. The Labute approximate surface area is 73.4 Å². The standard InChI is InChI=1S/C6H9N3O2S/c1-4(10)9-6(11)8(2)5(7-9)12-3/h1-3H3. The summed E-state index contributed by atoms with van der Waals surface area (Å²) >= 11 is 1.33. The van der Waals surface area contributed by atoms with E-state index in [9.17, 15) is 9.59 Å². The van der Waals surface area contributed by atoms with E-state index < -0.39 is 5.69 Å². The van der Waals surface area contributed by atoms with Gasteiger partial charge in [0, 0.05) is 14.0 Å². The van der Waals surface area contributed by atoms with Crippen LogP contribution in [0.15, 0.2) is 9.95 Å². The number of nitrogens with zero attached hydrogens (tertiary/aromatic N) is 3. The van der Waals surface area contributed by atoms with Gasteiger partial charge in [0.1, 0.15) is 0 Å². The second kappa shape index (κ2) is 3.14. The van der Waals surface area contributed by atoms with Crippen LogP contribution in [-0.2, 0) is 7.05 Å². The average Bonchev–Trinajstić information content (AvgIpc) is 2.30. The number of thioether (sulfide) groups is 1. The summed E-state index contributed by atoms with van der Waals surface area (Å²) in [7, 11) is 1.58. The van der Waals surface area contributed by atoms with E-state index in [2.05, 4.69) is 5.10 Å². The maximum absolute atomic E-state index is 11.2. The Hall–Kier alpha value is -1.04. The highest BCUT2D eigenvalue weighted by molar-refractivity contribution is 7.98. The van der Waals surface area contributed by atoms with Crippen molar-refractivity contribution in [2.45, 2.75) is 12.1 Å². The first-order valence-electron chi connectivity index (χ1n) is 3.29. The van der Waals surface area contributed by atoms with Crippen LogP contribution in [0.4, 0.5) is 0 Å². The van der Waals surface area contributed by atoms with Crippen molar-refractivity contribution in [2.75, 3.05) is 6.26 Å². The van der Waals surface area contributed by atoms with Gasteiger partial charge in [-0.15, -0.1) is 9.78 Å². The maximum Gasteiger partial charge on any atom is 0.353 e. The van der Waals surface area contributed by atoms with Gasteiger partial charge in [-0.25, -0.2) is 4.79 Å². The van der Waals surface area contributed by atoms with Gasteiger partial charge in [0.25, 0.3) is 0 Å². The zero-order valence-corrected chi connectivity index (χ0v) is 7.88. The van der Waals surface area contributed by atoms with Crippen LogP contribution in [0, 0.1) is 0 Å². The summed E-state index contributed by atoms with van der Waals surface area (Å²) in [5.41, 5.74) is -0.396. The van der Waals surface area contributed by atoms with Crippen LogP contribution in [0.3, 0.4) is 0 Å². The van der Waals surface area contributed by atoms with Gasteiger partial charge >= 0.3 is 5.69 Å². The minimum absolute atomic E-state index is 0.365. The first-order chi connectivity index (χ1) is 5.57. The molecule has 0 spiro atoms. The molecular weight excluding hydrogens is 178 g/mol. The van der Waals surface area contributed by atoms with Gasteiger partial charge in [0.15, 0.2) is 5.16 Å². The molecule has 0 aromatic carbocycles. The number of hydrogen-bond donors (Lipinski definition) is 0. The summed E-state index contributed by atoms with van der Waals surface area (Å²) in [4.78, 5) is 22.0. The number of hydrogen-bond acceptors (Lipinski definition) is 4. The summed E-state index contributed by atoms with van der Waals surface area (Å²) in [5, 5.41) is 4.35. The maximum atomic E-state index is 11.2. The fourth-order valence-corrected chi connectivity index (χ4v) is 1.32. The average molecular weight is 187 g/mol. The minimum atomic E-state index is -0.396. The van der Waals surface area contributed by atoms with Gasteiger partial charge in [0.05, 0.1) is 0 Å². The highest BCUT2D eigenvalue weighted by Gasteiger charge is 2.11. The van der Waals surface area contributed by atoms with E-state index in [0.717, 1.165) is 4.68 Å². The van der Waals surface area contributed by atoms with Crippen LogP contribution < -0.4 is 5.69 Å². The Balaban J connectivity index is 3.35. The third-order valence-corrected chi connectivity index (χ3v) is 2.14. The molecule has 0 saturated carbocycles.